The number of pyridine rings is 2. The van der Waals surface area contributed by atoms with E-state index in [4.69, 9.17) is 9.47 Å². The Hall–Kier alpha value is -6.83. The van der Waals surface area contributed by atoms with Crippen LogP contribution in [0.4, 0.5) is 20.7 Å². The topological polar surface area (TPSA) is 187 Å². The third-order valence-corrected chi connectivity index (χ3v) is 13.3. The normalized spacial score (nSPS) is 15.0. The number of fused-ring (bicyclic) bond motifs is 2. The van der Waals surface area contributed by atoms with Crippen molar-refractivity contribution in [3.05, 3.63) is 135 Å². The van der Waals surface area contributed by atoms with Crippen molar-refractivity contribution < 1.29 is 26.7 Å². The zero-order chi connectivity index (χ0) is 45.8. The van der Waals surface area contributed by atoms with Gasteiger partial charge in [-0.1, -0.05) is 18.2 Å². The molecule has 0 aliphatic carbocycles. The summed E-state index contributed by atoms with van der Waals surface area (Å²) in [6, 6.07) is 20.2. The number of halogens is 2. The standard InChI is InChI=1S/C26H26FN5O4S.C20H22FN5O2/c1-17-14-19(27)8-9-22(17)36-23-15-18-16-28-26(30-24(18)31(2)25(23)33)29-20-10-12-32(13-11-20)37(34,35)21-6-4-3-5-7-21;1-12-9-14(21)3-4-16(12)28-17-10-13-11-23-20(24-15-5-7-22-8-6-15)25-18(13)26(2)19(17)27/h3-9,14-16,20H,10-13H2,1-2H3,(H,28,29,30);3-4,9-11,15,22H,5-8H2,1-2H3,(H,23,24,25). The number of rotatable bonds is 10. The number of hydrogen-bond acceptors (Lipinski definition) is 13. The molecule has 2 aliphatic rings. The number of nitrogens with one attached hydrogen (secondary N) is 3. The number of aromatic nitrogens is 6. The molecule has 65 heavy (non-hydrogen) atoms. The lowest BCUT2D eigenvalue weighted by atomic mass is 10.1. The van der Waals surface area contributed by atoms with Gasteiger partial charge in [0.05, 0.1) is 4.90 Å². The molecule has 0 radical (unpaired) electrons. The summed E-state index contributed by atoms with van der Waals surface area (Å²) in [5.41, 5.74) is 1.43. The fraction of sp³-hybridized carbons (Fsp3) is 0.304. The molecular weight excluding hydrogens is 859 g/mol. The highest BCUT2D eigenvalue weighted by Gasteiger charge is 2.30. The highest BCUT2D eigenvalue weighted by atomic mass is 32.2. The van der Waals surface area contributed by atoms with Crippen LogP contribution >= 0.6 is 0 Å². The van der Waals surface area contributed by atoms with Gasteiger partial charge < -0.3 is 25.4 Å². The number of aryl methyl sites for hydroxylation is 4. The van der Waals surface area contributed by atoms with Crippen LogP contribution in [0.3, 0.4) is 0 Å². The van der Waals surface area contributed by atoms with Crippen molar-refractivity contribution in [2.75, 3.05) is 36.8 Å². The second kappa shape index (κ2) is 19.1. The van der Waals surface area contributed by atoms with Crippen molar-refractivity contribution in [3.8, 4) is 23.0 Å². The van der Waals surface area contributed by atoms with Gasteiger partial charge in [0.15, 0.2) is 11.5 Å². The van der Waals surface area contributed by atoms with E-state index < -0.39 is 10.0 Å². The minimum Gasteiger partial charge on any atom is -0.451 e. The Morgan fingerprint density at radius 1 is 0.646 bits per heavy atom. The van der Waals surface area contributed by atoms with E-state index in [1.807, 2.05) is 0 Å². The molecule has 0 unspecified atom stereocenters. The van der Waals surface area contributed by atoms with Gasteiger partial charge in [0.1, 0.15) is 34.4 Å². The lowest BCUT2D eigenvalue weighted by Gasteiger charge is -2.31. The summed E-state index contributed by atoms with van der Waals surface area (Å²) < 4.78 is 68.3. The maximum absolute atomic E-state index is 13.4. The van der Waals surface area contributed by atoms with Crippen molar-refractivity contribution in [2.45, 2.75) is 56.5 Å². The smallest absolute Gasteiger partial charge is 0.294 e. The highest BCUT2D eigenvalue weighted by Crippen LogP contribution is 2.28. The van der Waals surface area contributed by atoms with Gasteiger partial charge in [0.25, 0.3) is 11.1 Å². The van der Waals surface area contributed by atoms with E-state index in [9.17, 15) is 26.8 Å². The Labute approximate surface area is 373 Å². The second-order valence-corrected chi connectivity index (χ2v) is 18.0. The zero-order valence-corrected chi connectivity index (χ0v) is 37.0. The van der Waals surface area contributed by atoms with E-state index in [1.54, 1.807) is 82.8 Å². The monoisotopic (exact) mass is 906 g/mol. The predicted molar refractivity (Wildman–Crippen MR) is 243 cm³/mol. The fourth-order valence-corrected chi connectivity index (χ4v) is 9.22. The summed E-state index contributed by atoms with van der Waals surface area (Å²) in [5.74, 6) is 1.19. The van der Waals surface area contributed by atoms with Crippen molar-refractivity contribution in [3.63, 3.8) is 0 Å². The Balaban J connectivity index is 0.000000184. The minimum absolute atomic E-state index is 0.0132. The molecule has 7 aromatic rings. The maximum Gasteiger partial charge on any atom is 0.294 e. The van der Waals surface area contributed by atoms with Crippen LogP contribution in [-0.4, -0.2) is 80.1 Å². The minimum atomic E-state index is -3.52. The van der Waals surface area contributed by atoms with Crippen LogP contribution in [0.1, 0.15) is 36.8 Å². The van der Waals surface area contributed by atoms with Gasteiger partial charge in [-0.05, 0) is 124 Å². The van der Waals surface area contributed by atoms with E-state index in [-0.39, 0.29) is 45.2 Å². The lowest BCUT2D eigenvalue weighted by Crippen LogP contribution is -2.42. The number of nitrogens with zero attached hydrogens (tertiary/aromatic N) is 7. The molecule has 0 bridgehead atoms. The van der Waals surface area contributed by atoms with Gasteiger partial charge in [0, 0.05) is 62.4 Å². The summed E-state index contributed by atoms with van der Waals surface area (Å²) >= 11 is 0. The molecule has 9 rings (SSSR count). The highest BCUT2D eigenvalue weighted by molar-refractivity contribution is 7.89. The first-order chi connectivity index (χ1) is 31.2. The van der Waals surface area contributed by atoms with E-state index in [2.05, 4.69) is 35.9 Å². The molecule has 2 saturated heterocycles. The third-order valence-electron chi connectivity index (χ3n) is 11.4. The number of hydrogen-bond donors (Lipinski definition) is 3. The van der Waals surface area contributed by atoms with Gasteiger partial charge >= 0.3 is 0 Å². The van der Waals surface area contributed by atoms with Gasteiger partial charge in [-0.2, -0.15) is 14.3 Å². The molecule has 3 aromatic carbocycles. The predicted octanol–water partition coefficient (Wildman–Crippen LogP) is 6.57. The first-order valence-corrected chi connectivity index (χ1v) is 22.6. The Morgan fingerprint density at radius 2 is 1.11 bits per heavy atom. The molecule has 0 saturated carbocycles. The number of ether oxygens (including phenoxy) is 2. The first kappa shape index (κ1) is 44.8. The molecule has 4 aromatic heterocycles. The molecule has 0 amide bonds. The molecule has 0 atom stereocenters. The molecule has 16 nitrogen and oxygen atoms in total. The molecule has 2 aliphatic heterocycles. The molecule has 338 valence electrons. The summed E-state index contributed by atoms with van der Waals surface area (Å²) in [7, 11) is -0.278. The summed E-state index contributed by atoms with van der Waals surface area (Å²) in [6.07, 6.45) is 6.47. The maximum atomic E-state index is 13.4. The quantitative estimate of drug-likeness (QED) is 0.134. The molecule has 0 spiro atoms. The fourth-order valence-electron chi connectivity index (χ4n) is 7.72. The Morgan fingerprint density at radius 3 is 1.57 bits per heavy atom. The van der Waals surface area contributed by atoms with Crippen LogP contribution in [0.15, 0.2) is 106 Å². The van der Waals surface area contributed by atoms with Crippen LogP contribution in [0.2, 0.25) is 0 Å². The molecule has 3 N–H and O–H groups in total. The van der Waals surface area contributed by atoms with Gasteiger partial charge in [0.2, 0.25) is 21.9 Å². The number of anilines is 2. The second-order valence-electron chi connectivity index (χ2n) is 16.0. The van der Waals surface area contributed by atoms with Gasteiger partial charge in [-0.25, -0.2) is 27.2 Å². The van der Waals surface area contributed by atoms with Crippen molar-refractivity contribution in [1.29, 1.82) is 0 Å². The third kappa shape index (κ3) is 10.1. The molecule has 19 heteroatoms. The van der Waals surface area contributed by atoms with E-state index >= 15 is 0 Å². The van der Waals surface area contributed by atoms with E-state index in [0.29, 0.717) is 88.6 Å². The van der Waals surface area contributed by atoms with Crippen LogP contribution in [-0.2, 0) is 24.1 Å². The largest absolute Gasteiger partial charge is 0.451 e. The van der Waals surface area contributed by atoms with Crippen molar-refractivity contribution >= 4 is 44.0 Å². The summed E-state index contributed by atoms with van der Waals surface area (Å²) in [6.45, 7) is 6.12. The molecular formula is C46H48F2N10O6S. The summed E-state index contributed by atoms with van der Waals surface area (Å²) in [4.78, 5) is 43.8. The van der Waals surface area contributed by atoms with Crippen molar-refractivity contribution in [1.82, 2.24) is 38.7 Å². The average molecular weight is 907 g/mol. The van der Waals surface area contributed by atoms with Gasteiger partial charge in [-0.3, -0.25) is 18.7 Å². The zero-order valence-electron chi connectivity index (χ0n) is 36.2. The SMILES string of the molecule is Cc1cc(F)ccc1Oc1cc2cnc(NC3CCN(S(=O)(=O)c4ccccc4)CC3)nc2n(C)c1=O.Cc1cc(F)ccc1Oc1cc2cnc(NC3CCNCC3)nc2n(C)c1=O. The van der Waals surface area contributed by atoms with Crippen LogP contribution in [0.25, 0.3) is 22.1 Å². The van der Waals surface area contributed by atoms with E-state index in [0.717, 1.165) is 25.9 Å². The van der Waals surface area contributed by atoms with Crippen molar-refractivity contribution in [2.24, 2.45) is 14.1 Å². The van der Waals surface area contributed by atoms with Crippen LogP contribution in [0.5, 0.6) is 23.0 Å². The lowest BCUT2D eigenvalue weighted by molar-refractivity contribution is 0.329. The van der Waals surface area contributed by atoms with E-state index in [1.165, 1.54) is 49.8 Å². The number of piperidine rings is 2. The average Bonchev–Trinajstić information content (AvgIpc) is 3.30. The Bertz CT molecular complexity index is 3100. The number of sulfonamides is 1. The first-order valence-electron chi connectivity index (χ1n) is 21.1. The van der Waals surface area contributed by atoms with Gasteiger partial charge in [-0.15, -0.1) is 0 Å². The van der Waals surface area contributed by atoms with Crippen LogP contribution in [0, 0.1) is 25.5 Å². The van der Waals surface area contributed by atoms with Crippen LogP contribution < -0.4 is 36.5 Å². The Kier molecular flexibility index (Phi) is 13.2. The molecule has 2 fully saturated rings. The molecule has 6 heterocycles. The number of benzene rings is 3. The summed E-state index contributed by atoms with van der Waals surface area (Å²) in [5, 5.41) is 11.2.